The molecule has 23 heavy (non-hydrogen) atoms. The molecule has 0 aliphatic rings. The van der Waals surface area contributed by atoms with E-state index in [9.17, 15) is 9.59 Å². The summed E-state index contributed by atoms with van der Waals surface area (Å²) in [6, 6.07) is -0.985. The van der Waals surface area contributed by atoms with Crippen molar-refractivity contribution in [2.24, 2.45) is 0 Å². The number of carbonyl (C=O) groups excluding carboxylic acids is 2. The molecule has 1 atom stereocenters. The molecular formula is C16H28N4O2S. The van der Waals surface area contributed by atoms with E-state index in [-0.39, 0.29) is 22.9 Å². The van der Waals surface area contributed by atoms with E-state index in [2.05, 4.69) is 41.7 Å². The number of nitrogens with one attached hydrogen (secondary N) is 3. The Morgan fingerprint density at radius 1 is 1.22 bits per heavy atom. The predicted molar refractivity (Wildman–Crippen MR) is 93.5 cm³/mol. The zero-order valence-electron chi connectivity index (χ0n) is 15.0. The van der Waals surface area contributed by atoms with E-state index < -0.39 is 6.04 Å². The molecule has 3 amide bonds. The average molecular weight is 340 g/mol. The molecule has 6 nitrogen and oxygen atoms in total. The van der Waals surface area contributed by atoms with Crippen LogP contribution in [0.5, 0.6) is 0 Å². The Bertz CT molecular complexity index is 555. The number of carbonyl (C=O) groups is 2. The van der Waals surface area contributed by atoms with Crippen LogP contribution in [0.3, 0.4) is 0 Å². The Labute approximate surface area is 142 Å². The van der Waals surface area contributed by atoms with Gasteiger partial charge < -0.3 is 16.0 Å². The largest absolute Gasteiger partial charge is 0.350 e. The second kappa shape index (κ2) is 7.29. The molecule has 3 N–H and O–H groups in total. The van der Waals surface area contributed by atoms with Gasteiger partial charge in [0.05, 0.1) is 17.2 Å². The number of nitrogens with zero attached hydrogens (tertiary/aromatic N) is 1. The van der Waals surface area contributed by atoms with Gasteiger partial charge in [-0.05, 0) is 27.7 Å². The minimum Gasteiger partial charge on any atom is -0.350 e. The highest BCUT2D eigenvalue weighted by molar-refractivity contribution is 7.09. The van der Waals surface area contributed by atoms with Crippen molar-refractivity contribution < 1.29 is 9.59 Å². The van der Waals surface area contributed by atoms with Crippen LogP contribution in [-0.2, 0) is 16.8 Å². The zero-order valence-corrected chi connectivity index (χ0v) is 15.9. The summed E-state index contributed by atoms with van der Waals surface area (Å²) in [4.78, 5) is 28.3. The van der Waals surface area contributed by atoms with E-state index in [1.165, 1.54) is 0 Å². The van der Waals surface area contributed by atoms with Gasteiger partial charge in [-0.3, -0.25) is 4.79 Å². The van der Waals surface area contributed by atoms with Crippen molar-refractivity contribution in [1.82, 2.24) is 20.9 Å². The number of aromatic nitrogens is 1. The number of rotatable bonds is 4. The lowest BCUT2D eigenvalue weighted by atomic mass is 9.98. The molecular weight excluding hydrogens is 312 g/mol. The standard InChI is InChI=1S/C16H28N4O2S/c1-10(12(21)20-16(5,6)7)18-14(22)17-8-11-9-23-13(19-11)15(2,3)4/h9-10H,8H2,1-7H3,(H,20,21)(H2,17,18,22)/t10-/m1/s1. The normalized spacial score (nSPS) is 13.3. The molecule has 0 aliphatic carbocycles. The Hall–Kier alpha value is -1.63. The number of thiazole rings is 1. The summed E-state index contributed by atoms with van der Waals surface area (Å²) < 4.78 is 0. The lowest BCUT2D eigenvalue weighted by molar-refractivity contribution is -0.123. The molecule has 1 aromatic heterocycles. The third kappa shape index (κ3) is 6.99. The van der Waals surface area contributed by atoms with E-state index in [1.54, 1.807) is 18.3 Å². The van der Waals surface area contributed by atoms with Crippen molar-refractivity contribution in [2.45, 2.75) is 72.0 Å². The van der Waals surface area contributed by atoms with Gasteiger partial charge in [0.2, 0.25) is 5.91 Å². The van der Waals surface area contributed by atoms with Crippen molar-refractivity contribution in [3.05, 3.63) is 16.1 Å². The summed E-state index contributed by atoms with van der Waals surface area (Å²) in [6.45, 7) is 14.0. The van der Waals surface area contributed by atoms with Gasteiger partial charge >= 0.3 is 6.03 Å². The third-order valence-electron chi connectivity index (χ3n) is 2.86. The van der Waals surface area contributed by atoms with E-state index in [0.29, 0.717) is 6.54 Å². The van der Waals surface area contributed by atoms with Crippen molar-refractivity contribution in [3.63, 3.8) is 0 Å². The SMILES string of the molecule is C[C@@H](NC(=O)NCc1csc(C(C)(C)C)n1)C(=O)NC(C)(C)C. The highest BCUT2D eigenvalue weighted by atomic mass is 32.1. The summed E-state index contributed by atoms with van der Waals surface area (Å²) in [5, 5.41) is 11.2. The third-order valence-corrected chi connectivity index (χ3v) is 4.18. The van der Waals surface area contributed by atoms with Crippen molar-refractivity contribution in [1.29, 1.82) is 0 Å². The predicted octanol–water partition coefficient (Wildman–Crippen LogP) is 2.54. The molecule has 0 saturated heterocycles. The van der Waals surface area contributed by atoms with Crippen LogP contribution in [0.4, 0.5) is 4.79 Å². The van der Waals surface area contributed by atoms with E-state index in [0.717, 1.165) is 10.7 Å². The van der Waals surface area contributed by atoms with Gasteiger partial charge in [-0.25, -0.2) is 9.78 Å². The van der Waals surface area contributed by atoms with Crippen LogP contribution >= 0.6 is 11.3 Å². The molecule has 0 spiro atoms. The van der Waals surface area contributed by atoms with Crippen LogP contribution in [0.15, 0.2) is 5.38 Å². The molecule has 7 heteroatoms. The van der Waals surface area contributed by atoms with Crippen LogP contribution in [-0.4, -0.2) is 28.5 Å². The van der Waals surface area contributed by atoms with Gasteiger partial charge in [-0.1, -0.05) is 20.8 Å². The molecule has 0 aromatic carbocycles. The first-order chi connectivity index (χ1) is 10.4. The molecule has 1 aromatic rings. The van der Waals surface area contributed by atoms with Gasteiger partial charge in [0.1, 0.15) is 6.04 Å². The average Bonchev–Trinajstić information content (AvgIpc) is 2.82. The maximum absolute atomic E-state index is 11.9. The van der Waals surface area contributed by atoms with Gasteiger partial charge in [0, 0.05) is 16.3 Å². The summed E-state index contributed by atoms with van der Waals surface area (Å²) in [6.07, 6.45) is 0. The Morgan fingerprint density at radius 2 is 1.83 bits per heavy atom. The Morgan fingerprint density at radius 3 is 2.30 bits per heavy atom. The maximum atomic E-state index is 11.9. The first-order valence-electron chi connectivity index (χ1n) is 7.70. The van der Waals surface area contributed by atoms with Crippen molar-refractivity contribution >= 4 is 23.3 Å². The highest BCUT2D eigenvalue weighted by Crippen LogP contribution is 2.25. The second-order valence-electron chi connectivity index (χ2n) is 7.68. The fourth-order valence-electron chi connectivity index (χ4n) is 1.69. The number of urea groups is 1. The van der Waals surface area contributed by atoms with Gasteiger partial charge in [0.15, 0.2) is 0 Å². The highest BCUT2D eigenvalue weighted by Gasteiger charge is 2.21. The van der Waals surface area contributed by atoms with E-state index in [4.69, 9.17) is 0 Å². The maximum Gasteiger partial charge on any atom is 0.315 e. The van der Waals surface area contributed by atoms with Crippen LogP contribution < -0.4 is 16.0 Å². The molecule has 0 aliphatic heterocycles. The molecule has 130 valence electrons. The summed E-state index contributed by atoms with van der Waals surface area (Å²) in [7, 11) is 0. The summed E-state index contributed by atoms with van der Waals surface area (Å²) in [5.74, 6) is -0.212. The smallest absolute Gasteiger partial charge is 0.315 e. The first-order valence-corrected chi connectivity index (χ1v) is 8.58. The van der Waals surface area contributed by atoms with Gasteiger partial charge in [-0.15, -0.1) is 11.3 Å². The fraction of sp³-hybridized carbons (Fsp3) is 0.688. The lowest BCUT2D eigenvalue weighted by Crippen LogP contribution is -2.52. The fourth-order valence-corrected chi connectivity index (χ4v) is 2.60. The van der Waals surface area contributed by atoms with Gasteiger partial charge in [0.25, 0.3) is 0 Å². The molecule has 0 saturated carbocycles. The Kier molecular flexibility index (Phi) is 6.16. The van der Waals surface area contributed by atoms with Crippen LogP contribution in [0.25, 0.3) is 0 Å². The molecule has 1 heterocycles. The number of hydrogen-bond acceptors (Lipinski definition) is 4. The number of hydrogen-bond donors (Lipinski definition) is 3. The summed E-state index contributed by atoms with van der Waals surface area (Å²) in [5.41, 5.74) is 0.500. The van der Waals surface area contributed by atoms with Crippen LogP contribution in [0, 0.1) is 0 Å². The summed E-state index contributed by atoms with van der Waals surface area (Å²) >= 11 is 1.59. The topological polar surface area (TPSA) is 83.1 Å². The quantitative estimate of drug-likeness (QED) is 0.787. The van der Waals surface area contributed by atoms with E-state index in [1.807, 2.05) is 26.2 Å². The number of amides is 3. The molecule has 0 bridgehead atoms. The van der Waals surface area contributed by atoms with Crippen LogP contribution in [0.1, 0.15) is 59.2 Å². The first kappa shape index (κ1) is 19.4. The molecule has 0 fully saturated rings. The minimum absolute atomic E-state index is 0.00470. The second-order valence-corrected chi connectivity index (χ2v) is 8.54. The Balaban J connectivity index is 2.45. The lowest BCUT2D eigenvalue weighted by Gasteiger charge is -2.23. The van der Waals surface area contributed by atoms with E-state index >= 15 is 0 Å². The van der Waals surface area contributed by atoms with Crippen LogP contribution in [0.2, 0.25) is 0 Å². The van der Waals surface area contributed by atoms with Crippen molar-refractivity contribution in [3.8, 4) is 0 Å². The molecule has 0 radical (unpaired) electrons. The zero-order chi connectivity index (χ0) is 17.8. The minimum atomic E-state index is -0.602. The van der Waals surface area contributed by atoms with Crippen molar-refractivity contribution in [2.75, 3.05) is 0 Å². The van der Waals surface area contributed by atoms with Gasteiger partial charge in [-0.2, -0.15) is 0 Å². The monoisotopic (exact) mass is 340 g/mol. The molecule has 1 rings (SSSR count). The molecule has 0 unspecified atom stereocenters.